The van der Waals surface area contributed by atoms with E-state index in [2.05, 4.69) is 27.5 Å². The molecule has 1 aromatic heterocycles. The lowest BCUT2D eigenvalue weighted by atomic mass is 9.89. The second-order valence-electron chi connectivity index (χ2n) is 5.86. The van der Waals surface area contributed by atoms with Crippen LogP contribution < -0.4 is 15.8 Å². The van der Waals surface area contributed by atoms with Crippen molar-refractivity contribution in [2.75, 3.05) is 12.4 Å². The van der Waals surface area contributed by atoms with Gasteiger partial charge < -0.3 is 15.8 Å². The van der Waals surface area contributed by atoms with E-state index in [0.717, 1.165) is 22.8 Å². The first kappa shape index (κ1) is 14.7. The lowest BCUT2D eigenvalue weighted by Crippen LogP contribution is -2.46. The van der Waals surface area contributed by atoms with Gasteiger partial charge in [0.05, 0.1) is 25.2 Å². The molecule has 2 heterocycles. The fourth-order valence-electron chi connectivity index (χ4n) is 3.27. The summed E-state index contributed by atoms with van der Waals surface area (Å²) in [5.41, 5.74) is 8.87. The molecule has 3 atom stereocenters. The van der Waals surface area contributed by atoms with Gasteiger partial charge in [-0.3, -0.25) is 0 Å². The average Bonchev–Trinajstić information content (AvgIpc) is 3.10. The van der Waals surface area contributed by atoms with Gasteiger partial charge >= 0.3 is 0 Å². The number of nitrogens with two attached hydrogens (primary N) is 1. The molecule has 0 saturated heterocycles. The van der Waals surface area contributed by atoms with Crippen LogP contribution >= 0.6 is 0 Å². The van der Waals surface area contributed by atoms with Crippen LogP contribution in [-0.4, -0.2) is 27.9 Å². The summed E-state index contributed by atoms with van der Waals surface area (Å²) in [6.07, 6.45) is 1.56. The minimum Gasteiger partial charge on any atom is -0.497 e. The number of ether oxygens (including phenoxy) is 1. The van der Waals surface area contributed by atoms with E-state index < -0.39 is 0 Å². The Balaban J connectivity index is 1.75. The molecule has 0 saturated carbocycles. The molecule has 0 bridgehead atoms. The summed E-state index contributed by atoms with van der Waals surface area (Å²) in [5, 5.41) is 7.77. The molecule has 2 aromatic carbocycles. The second-order valence-corrected chi connectivity index (χ2v) is 5.86. The van der Waals surface area contributed by atoms with Gasteiger partial charge in [0.15, 0.2) is 0 Å². The SMILES string of the molecule is COc1ccc([C@@H]2Nc3ncnn3[C@H](c3ccccc3)[C@H]2N)cc1. The standard InChI is InChI=1S/C18H19N5O/c1-24-14-9-7-12(8-10-14)16-15(19)17(13-5-3-2-4-6-13)23-18(22-16)20-11-21-23/h2-11,15-17H,19H2,1H3,(H,20,21,22)/t15-,16-,17+/m0/s1. The number of rotatable bonds is 3. The first-order valence-corrected chi connectivity index (χ1v) is 7.88. The van der Waals surface area contributed by atoms with Crippen LogP contribution in [0.5, 0.6) is 5.75 Å². The Morgan fingerprint density at radius 3 is 2.50 bits per heavy atom. The molecule has 3 N–H and O–H groups in total. The van der Waals surface area contributed by atoms with Crippen molar-refractivity contribution in [1.29, 1.82) is 0 Å². The normalized spacial score (nSPS) is 22.5. The minimum atomic E-state index is -0.185. The number of hydrogen-bond donors (Lipinski definition) is 2. The molecule has 3 aromatic rings. The number of nitrogens with zero attached hydrogens (tertiary/aromatic N) is 3. The highest BCUT2D eigenvalue weighted by Crippen LogP contribution is 2.36. The number of hydrogen-bond acceptors (Lipinski definition) is 5. The van der Waals surface area contributed by atoms with Crippen molar-refractivity contribution in [3.8, 4) is 5.75 Å². The zero-order valence-corrected chi connectivity index (χ0v) is 13.3. The van der Waals surface area contributed by atoms with Crippen molar-refractivity contribution in [3.63, 3.8) is 0 Å². The first-order valence-electron chi connectivity index (χ1n) is 7.88. The summed E-state index contributed by atoms with van der Waals surface area (Å²) in [6, 6.07) is 17.8. The Hall–Kier alpha value is -2.86. The number of anilines is 1. The molecule has 6 heteroatoms. The highest BCUT2D eigenvalue weighted by Gasteiger charge is 2.37. The molecule has 0 fully saturated rings. The molecule has 122 valence electrons. The molecule has 0 spiro atoms. The molecular formula is C18H19N5O. The van der Waals surface area contributed by atoms with Gasteiger partial charge in [0, 0.05) is 0 Å². The zero-order chi connectivity index (χ0) is 16.5. The summed E-state index contributed by atoms with van der Waals surface area (Å²) in [6.45, 7) is 0. The highest BCUT2D eigenvalue weighted by atomic mass is 16.5. The van der Waals surface area contributed by atoms with E-state index in [4.69, 9.17) is 10.5 Å². The van der Waals surface area contributed by atoms with Gasteiger partial charge in [-0.1, -0.05) is 42.5 Å². The van der Waals surface area contributed by atoms with Gasteiger partial charge in [-0.25, -0.2) is 4.68 Å². The monoisotopic (exact) mass is 321 g/mol. The largest absolute Gasteiger partial charge is 0.497 e. The predicted octanol–water partition coefficient (Wildman–Crippen LogP) is 2.37. The fourth-order valence-corrected chi connectivity index (χ4v) is 3.27. The van der Waals surface area contributed by atoms with Crippen molar-refractivity contribution in [2.45, 2.75) is 18.1 Å². The summed E-state index contributed by atoms with van der Waals surface area (Å²) in [4.78, 5) is 4.34. The van der Waals surface area contributed by atoms with Gasteiger partial charge in [-0.2, -0.15) is 10.1 Å². The topological polar surface area (TPSA) is 78.0 Å². The Bertz CT molecular complexity index is 815. The van der Waals surface area contributed by atoms with Crippen molar-refractivity contribution >= 4 is 5.95 Å². The van der Waals surface area contributed by atoms with Crippen molar-refractivity contribution in [1.82, 2.24) is 14.8 Å². The third kappa shape index (κ3) is 2.41. The summed E-state index contributed by atoms with van der Waals surface area (Å²) in [7, 11) is 1.66. The van der Waals surface area contributed by atoms with E-state index in [1.807, 2.05) is 47.1 Å². The van der Waals surface area contributed by atoms with Gasteiger partial charge in [-0.15, -0.1) is 0 Å². The molecule has 1 aliphatic heterocycles. The molecule has 0 radical (unpaired) electrons. The third-order valence-corrected chi connectivity index (χ3v) is 4.49. The van der Waals surface area contributed by atoms with Gasteiger partial charge in [0.2, 0.25) is 5.95 Å². The summed E-state index contributed by atoms with van der Waals surface area (Å²) in [5.74, 6) is 1.55. The predicted molar refractivity (Wildman–Crippen MR) is 91.9 cm³/mol. The van der Waals surface area contributed by atoms with Gasteiger partial charge in [-0.05, 0) is 23.3 Å². The Kier molecular flexibility index (Phi) is 3.66. The van der Waals surface area contributed by atoms with E-state index in [9.17, 15) is 0 Å². The Morgan fingerprint density at radius 1 is 1.04 bits per heavy atom. The highest BCUT2D eigenvalue weighted by molar-refractivity contribution is 5.42. The smallest absolute Gasteiger partial charge is 0.222 e. The van der Waals surface area contributed by atoms with Crippen LogP contribution in [0.4, 0.5) is 5.95 Å². The fraction of sp³-hybridized carbons (Fsp3) is 0.222. The third-order valence-electron chi connectivity index (χ3n) is 4.49. The lowest BCUT2D eigenvalue weighted by Gasteiger charge is -2.37. The Morgan fingerprint density at radius 2 is 1.79 bits per heavy atom. The van der Waals surface area contributed by atoms with E-state index >= 15 is 0 Å². The van der Waals surface area contributed by atoms with Crippen LogP contribution in [0.2, 0.25) is 0 Å². The number of fused-ring (bicyclic) bond motifs is 1. The molecule has 4 rings (SSSR count). The Labute approximate surface area is 140 Å². The second kappa shape index (κ2) is 5.98. The lowest BCUT2D eigenvalue weighted by molar-refractivity contribution is 0.371. The van der Waals surface area contributed by atoms with Crippen molar-refractivity contribution in [2.24, 2.45) is 5.73 Å². The molecule has 6 nitrogen and oxygen atoms in total. The summed E-state index contributed by atoms with van der Waals surface area (Å²) < 4.78 is 7.10. The average molecular weight is 321 g/mol. The number of benzene rings is 2. The number of nitrogens with one attached hydrogen (secondary N) is 1. The zero-order valence-electron chi connectivity index (χ0n) is 13.3. The van der Waals surface area contributed by atoms with E-state index in [1.54, 1.807) is 13.4 Å². The minimum absolute atomic E-state index is 0.0576. The van der Waals surface area contributed by atoms with Crippen LogP contribution in [0.25, 0.3) is 0 Å². The molecule has 0 unspecified atom stereocenters. The molecule has 0 aliphatic carbocycles. The number of aromatic nitrogens is 3. The van der Waals surface area contributed by atoms with Crippen molar-refractivity contribution < 1.29 is 4.74 Å². The summed E-state index contributed by atoms with van der Waals surface area (Å²) >= 11 is 0. The van der Waals surface area contributed by atoms with E-state index in [0.29, 0.717) is 0 Å². The van der Waals surface area contributed by atoms with Gasteiger partial charge in [0.25, 0.3) is 0 Å². The van der Waals surface area contributed by atoms with E-state index in [-0.39, 0.29) is 18.1 Å². The van der Waals surface area contributed by atoms with Crippen LogP contribution in [-0.2, 0) is 0 Å². The first-order chi connectivity index (χ1) is 11.8. The number of methoxy groups -OCH3 is 1. The van der Waals surface area contributed by atoms with Gasteiger partial charge in [0.1, 0.15) is 12.1 Å². The maximum Gasteiger partial charge on any atom is 0.222 e. The molecule has 0 amide bonds. The van der Waals surface area contributed by atoms with E-state index in [1.165, 1.54) is 0 Å². The molecule has 1 aliphatic rings. The molecular weight excluding hydrogens is 302 g/mol. The molecule has 24 heavy (non-hydrogen) atoms. The van der Waals surface area contributed by atoms with Crippen molar-refractivity contribution in [3.05, 3.63) is 72.1 Å². The quantitative estimate of drug-likeness (QED) is 0.774. The van der Waals surface area contributed by atoms with Crippen LogP contribution in [0.3, 0.4) is 0 Å². The van der Waals surface area contributed by atoms with Crippen LogP contribution in [0, 0.1) is 0 Å². The van der Waals surface area contributed by atoms with Crippen LogP contribution in [0.15, 0.2) is 60.9 Å². The van der Waals surface area contributed by atoms with Crippen LogP contribution in [0.1, 0.15) is 23.2 Å². The maximum absolute atomic E-state index is 6.65. The maximum atomic E-state index is 6.65.